The quantitative estimate of drug-likeness (QED) is 0.144. The summed E-state index contributed by atoms with van der Waals surface area (Å²) in [6, 6.07) is 0. The van der Waals surface area contributed by atoms with Crippen molar-refractivity contribution >= 4 is 6.21 Å². The predicted octanol–water partition coefficient (Wildman–Crippen LogP) is 5.29. The summed E-state index contributed by atoms with van der Waals surface area (Å²) < 4.78 is 1.15. The molecule has 0 spiro atoms. The first-order valence-corrected chi connectivity index (χ1v) is 8.08. The van der Waals surface area contributed by atoms with Gasteiger partial charge in [-0.2, -0.15) is 0 Å². The van der Waals surface area contributed by atoms with Crippen LogP contribution >= 0.6 is 0 Å². The maximum atomic E-state index is 11.5. The molecule has 2 nitrogen and oxygen atoms in total. The van der Waals surface area contributed by atoms with Gasteiger partial charge in [0.2, 0.25) is 0 Å². The highest BCUT2D eigenvalue weighted by atomic mass is 16.5. The molecule has 0 fully saturated rings. The van der Waals surface area contributed by atoms with Crippen LogP contribution in [0, 0.1) is 5.21 Å². The Morgan fingerprint density at radius 2 is 1.22 bits per heavy atom. The molecule has 0 saturated carbocycles. The van der Waals surface area contributed by atoms with E-state index < -0.39 is 0 Å². The van der Waals surface area contributed by atoms with Gasteiger partial charge in [-0.25, -0.2) is 4.74 Å². The molecule has 18 heavy (non-hydrogen) atoms. The predicted molar refractivity (Wildman–Crippen MR) is 81.3 cm³/mol. The molecule has 0 N–H and O–H groups in total. The largest absolute Gasteiger partial charge is 0.624 e. The van der Waals surface area contributed by atoms with Gasteiger partial charge in [0.25, 0.3) is 0 Å². The van der Waals surface area contributed by atoms with E-state index >= 15 is 0 Å². The summed E-state index contributed by atoms with van der Waals surface area (Å²) in [4.78, 5) is 0. The second kappa shape index (κ2) is 14.5. The average molecular weight is 255 g/mol. The lowest BCUT2D eigenvalue weighted by Gasteiger charge is -2.04. The summed E-state index contributed by atoms with van der Waals surface area (Å²) in [7, 11) is 0. The number of hydroxylamine groups is 1. The Morgan fingerprint density at radius 1 is 0.722 bits per heavy atom. The lowest BCUT2D eigenvalue weighted by Crippen LogP contribution is -2.06. The minimum atomic E-state index is 0.696. The molecule has 2 heteroatoms. The van der Waals surface area contributed by atoms with Crippen molar-refractivity contribution in [3.63, 3.8) is 0 Å². The third kappa shape index (κ3) is 13.5. The van der Waals surface area contributed by atoms with Gasteiger partial charge in [-0.3, -0.25) is 0 Å². The van der Waals surface area contributed by atoms with Gasteiger partial charge in [0.1, 0.15) is 0 Å². The lowest BCUT2D eigenvalue weighted by atomic mass is 10.1. The van der Waals surface area contributed by atoms with E-state index in [0.717, 1.165) is 17.6 Å². The third-order valence-corrected chi connectivity index (χ3v) is 3.37. The van der Waals surface area contributed by atoms with Crippen LogP contribution in [0.25, 0.3) is 0 Å². The van der Waals surface area contributed by atoms with E-state index in [4.69, 9.17) is 0 Å². The van der Waals surface area contributed by atoms with E-state index in [0.29, 0.717) is 6.54 Å². The molecule has 0 aromatic carbocycles. The fraction of sp³-hybridized carbons (Fsp3) is 0.938. The lowest BCUT2D eigenvalue weighted by molar-refractivity contribution is -0.454. The molecule has 0 atom stereocenters. The van der Waals surface area contributed by atoms with E-state index in [9.17, 15) is 5.21 Å². The first-order chi connectivity index (χ1) is 8.81. The second-order valence-corrected chi connectivity index (χ2v) is 5.29. The highest BCUT2D eigenvalue weighted by Gasteiger charge is 1.95. The van der Waals surface area contributed by atoms with Gasteiger partial charge >= 0.3 is 0 Å². The molecular formula is C16H33NO. The van der Waals surface area contributed by atoms with Crippen molar-refractivity contribution in [1.29, 1.82) is 0 Å². The molecule has 0 radical (unpaired) electrons. The van der Waals surface area contributed by atoms with Crippen molar-refractivity contribution in [3.05, 3.63) is 5.21 Å². The fourth-order valence-corrected chi connectivity index (χ4v) is 2.12. The Balaban J connectivity index is 3.26. The fourth-order valence-electron chi connectivity index (χ4n) is 2.12. The SMILES string of the molecule is CCCCCCC/C=[N+](/[O-])CCCCCCCC. The standard InChI is InChI=1S/C16H33NO/c1-3-5-7-9-11-13-15-17(18)16-14-12-10-8-6-4-2/h15H,3-14,16H2,1-2H3/b17-15+. The van der Waals surface area contributed by atoms with Crippen LogP contribution in [0.4, 0.5) is 0 Å². The molecular weight excluding hydrogens is 222 g/mol. The Hall–Kier alpha value is -0.530. The van der Waals surface area contributed by atoms with Crippen LogP contribution in [0.5, 0.6) is 0 Å². The maximum absolute atomic E-state index is 11.5. The topological polar surface area (TPSA) is 26.1 Å². The molecule has 0 rings (SSSR count). The van der Waals surface area contributed by atoms with Crippen LogP contribution in [0.15, 0.2) is 0 Å². The summed E-state index contributed by atoms with van der Waals surface area (Å²) >= 11 is 0. The van der Waals surface area contributed by atoms with Gasteiger partial charge in [-0.15, -0.1) is 0 Å². The van der Waals surface area contributed by atoms with Crippen molar-refractivity contribution in [2.24, 2.45) is 0 Å². The van der Waals surface area contributed by atoms with E-state index in [2.05, 4.69) is 13.8 Å². The first kappa shape index (κ1) is 17.5. The number of nitrogens with zero attached hydrogens (tertiary/aromatic N) is 1. The van der Waals surface area contributed by atoms with Crippen LogP contribution in [0.3, 0.4) is 0 Å². The van der Waals surface area contributed by atoms with E-state index in [1.165, 1.54) is 64.2 Å². The van der Waals surface area contributed by atoms with Gasteiger partial charge in [0, 0.05) is 12.8 Å². The van der Waals surface area contributed by atoms with Crippen molar-refractivity contribution in [2.75, 3.05) is 6.54 Å². The van der Waals surface area contributed by atoms with Gasteiger partial charge in [-0.1, -0.05) is 65.2 Å². The zero-order chi connectivity index (χ0) is 13.5. The summed E-state index contributed by atoms with van der Waals surface area (Å²) in [6.45, 7) is 5.15. The van der Waals surface area contributed by atoms with Crippen LogP contribution in [0.1, 0.15) is 90.9 Å². The molecule has 0 aliphatic rings. The monoisotopic (exact) mass is 255 g/mol. The molecule has 108 valence electrons. The molecule has 0 aromatic rings. The normalized spacial score (nSPS) is 12.0. The van der Waals surface area contributed by atoms with Crippen molar-refractivity contribution < 1.29 is 4.74 Å². The average Bonchev–Trinajstić information content (AvgIpc) is 2.38. The van der Waals surface area contributed by atoms with E-state index in [-0.39, 0.29) is 0 Å². The molecule has 0 aromatic heterocycles. The minimum Gasteiger partial charge on any atom is -0.624 e. The minimum absolute atomic E-state index is 0.696. The summed E-state index contributed by atoms with van der Waals surface area (Å²) in [5, 5.41) is 11.5. The Bertz CT molecular complexity index is 190. The van der Waals surface area contributed by atoms with Gasteiger partial charge in [0.15, 0.2) is 12.8 Å². The number of rotatable bonds is 13. The first-order valence-electron chi connectivity index (χ1n) is 8.08. The summed E-state index contributed by atoms with van der Waals surface area (Å²) in [6.07, 6.45) is 16.7. The van der Waals surface area contributed by atoms with Crippen molar-refractivity contribution in [3.8, 4) is 0 Å². The Kier molecular flexibility index (Phi) is 14.1. The number of unbranched alkanes of at least 4 members (excludes halogenated alkanes) is 10. The third-order valence-electron chi connectivity index (χ3n) is 3.37. The van der Waals surface area contributed by atoms with Gasteiger partial charge < -0.3 is 5.21 Å². The van der Waals surface area contributed by atoms with Crippen molar-refractivity contribution in [2.45, 2.75) is 90.9 Å². The number of hydrogen-bond acceptors (Lipinski definition) is 1. The second-order valence-electron chi connectivity index (χ2n) is 5.29. The molecule has 0 heterocycles. The van der Waals surface area contributed by atoms with Crippen LogP contribution < -0.4 is 0 Å². The molecule has 0 amide bonds. The maximum Gasteiger partial charge on any atom is 0.153 e. The summed E-state index contributed by atoms with van der Waals surface area (Å²) in [5.74, 6) is 0. The Morgan fingerprint density at radius 3 is 1.83 bits per heavy atom. The number of hydrogen-bond donors (Lipinski definition) is 0. The van der Waals surface area contributed by atoms with E-state index in [1.54, 1.807) is 0 Å². The van der Waals surface area contributed by atoms with Gasteiger partial charge in [0.05, 0.1) is 0 Å². The molecule has 0 unspecified atom stereocenters. The smallest absolute Gasteiger partial charge is 0.153 e. The zero-order valence-electron chi connectivity index (χ0n) is 12.6. The van der Waals surface area contributed by atoms with Crippen molar-refractivity contribution in [1.82, 2.24) is 0 Å². The Labute approximate surface area is 114 Å². The molecule has 0 saturated heterocycles. The zero-order valence-corrected chi connectivity index (χ0v) is 12.6. The van der Waals surface area contributed by atoms with E-state index in [1.807, 2.05) is 6.21 Å². The highest BCUT2D eigenvalue weighted by Crippen LogP contribution is 2.05. The van der Waals surface area contributed by atoms with Gasteiger partial charge in [-0.05, 0) is 12.8 Å². The van der Waals surface area contributed by atoms with Crippen LogP contribution in [-0.2, 0) is 0 Å². The molecule has 0 bridgehead atoms. The molecule has 0 aliphatic carbocycles. The van der Waals surface area contributed by atoms with Crippen LogP contribution in [-0.4, -0.2) is 17.5 Å². The van der Waals surface area contributed by atoms with Crippen LogP contribution in [0.2, 0.25) is 0 Å². The molecule has 0 aliphatic heterocycles. The highest BCUT2D eigenvalue weighted by molar-refractivity contribution is 5.50. The summed E-state index contributed by atoms with van der Waals surface area (Å²) in [5.41, 5.74) is 0.